The SMILES string of the molecule is OC1CCN(Cc2c[nH]c3[c]cccc23)CC1. The Morgan fingerprint density at radius 2 is 2.24 bits per heavy atom. The highest BCUT2D eigenvalue weighted by Crippen LogP contribution is 2.20. The fraction of sp³-hybridized carbons (Fsp3) is 0.429. The molecule has 0 unspecified atom stereocenters. The standard InChI is InChI=1S/C14H17N2O/c17-12-5-7-16(8-6-12)10-11-9-15-14-4-2-1-3-13(11)14/h1-3,9,12,15,17H,5-8,10H2. The summed E-state index contributed by atoms with van der Waals surface area (Å²) in [6.07, 6.45) is 3.78. The molecule has 3 rings (SSSR count). The van der Waals surface area contributed by atoms with Gasteiger partial charge in [0.25, 0.3) is 0 Å². The number of aromatic nitrogens is 1. The third-order valence-electron chi connectivity index (χ3n) is 3.54. The number of rotatable bonds is 2. The Morgan fingerprint density at radius 3 is 3.06 bits per heavy atom. The predicted molar refractivity (Wildman–Crippen MR) is 67.7 cm³/mol. The molecule has 1 aromatic heterocycles. The van der Waals surface area contributed by atoms with Crippen molar-refractivity contribution >= 4 is 10.9 Å². The number of H-pyrrole nitrogens is 1. The van der Waals surface area contributed by atoms with Gasteiger partial charge in [0.05, 0.1) is 11.6 Å². The van der Waals surface area contributed by atoms with Crippen molar-refractivity contribution in [3.8, 4) is 0 Å². The highest BCUT2D eigenvalue weighted by molar-refractivity contribution is 5.82. The number of hydrogen-bond donors (Lipinski definition) is 2. The molecule has 3 nitrogen and oxygen atoms in total. The molecule has 2 aromatic rings. The molecule has 2 N–H and O–H groups in total. The molecule has 1 fully saturated rings. The molecule has 0 saturated carbocycles. The molecule has 1 aliphatic heterocycles. The van der Waals surface area contributed by atoms with E-state index < -0.39 is 0 Å². The van der Waals surface area contributed by atoms with Gasteiger partial charge in [-0.15, -0.1) is 0 Å². The van der Waals surface area contributed by atoms with E-state index in [4.69, 9.17) is 0 Å². The Balaban J connectivity index is 1.76. The second-order valence-corrected chi connectivity index (χ2v) is 4.78. The van der Waals surface area contributed by atoms with Crippen LogP contribution < -0.4 is 0 Å². The van der Waals surface area contributed by atoms with Crippen LogP contribution in [-0.4, -0.2) is 34.2 Å². The summed E-state index contributed by atoms with van der Waals surface area (Å²) in [5, 5.41) is 10.7. The molecule has 0 bridgehead atoms. The summed E-state index contributed by atoms with van der Waals surface area (Å²) in [6, 6.07) is 9.29. The molecule has 0 amide bonds. The zero-order valence-electron chi connectivity index (χ0n) is 9.82. The Morgan fingerprint density at radius 1 is 1.41 bits per heavy atom. The van der Waals surface area contributed by atoms with Gasteiger partial charge in [0.1, 0.15) is 0 Å². The van der Waals surface area contributed by atoms with Gasteiger partial charge in [-0.05, 0) is 18.4 Å². The number of aromatic amines is 1. The van der Waals surface area contributed by atoms with E-state index in [9.17, 15) is 5.11 Å². The number of para-hydroxylation sites is 1. The molecule has 0 atom stereocenters. The maximum atomic E-state index is 9.49. The number of aliphatic hydroxyl groups excluding tert-OH is 1. The van der Waals surface area contributed by atoms with Gasteiger partial charge in [-0.3, -0.25) is 4.90 Å². The van der Waals surface area contributed by atoms with Gasteiger partial charge in [0.15, 0.2) is 0 Å². The van der Waals surface area contributed by atoms with Gasteiger partial charge in [-0.2, -0.15) is 0 Å². The van der Waals surface area contributed by atoms with Crippen LogP contribution in [0.3, 0.4) is 0 Å². The molecular weight excluding hydrogens is 212 g/mol. The molecule has 1 aromatic carbocycles. The molecule has 0 spiro atoms. The third-order valence-corrected chi connectivity index (χ3v) is 3.54. The molecule has 89 valence electrons. The van der Waals surface area contributed by atoms with Crippen molar-refractivity contribution in [2.75, 3.05) is 13.1 Å². The second kappa shape index (κ2) is 4.51. The van der Waals surface area contributed by atoms with E-state index in [1.165, 1.54) is 10.9 Å². The largest absolute Gasteiger partial charge is 0.393 e. The van der Waals surface area contributed by atoms with E-state index in [-0.39, 0.29) is 6.10 Å². The Labute approximate surface area is 101 Å². The molecular formula is C14H17N2O. The Hall–Kier alpha value is -1.32. The smallest absolute Gasteiger partial charge is 0.0564 e. The van der Waals surface area contributed by atoms with E-state index in [0.29, 0.717) is 0 Å². The number of aliphatic hydroxyl groups is 1. The highest BCUT2D eigenvalue weighted by Gasteiger charge is 2.17. The zero-order valence-corrected chi connectivity index (χ0v) is 9.82. The van der Waals surface area contributed by atoms with Gasteiger partial charge in [0.2, 0.25) is 0 Å². The predicted octanol–water partition coefficient (Wildman–Crippen LogP) is 1.92. The van der Waals surface area contributed by atoms with E-state index in [1.807, 2.05) is 12.1 Å². The van der Waals surface area contributed by atoms with Crippen molar-refractivity contribution in [3.05, 3.63) is 36.0 Å². The minimum atomic E-state index is -0.0949. The van der Waals surface area contributed by atoms with Gasteiger partial charge in [0, 0.05) is 37.3 Å². The topological polar surface area (TPSA) is 39.3 Å². The van der Waals surface area contributed by atoms with Crippen LogP contribution in [0.1, 0.15) is 18.4 Å². The number of nitrogens with one attached hydrogen (secondary N) is 1. The Bertz CT molecular complexity index is 498. The number of nitrogens with zero attached hydrogens (tertiary/aromatic N) is 1. The van der Waals surface area contributed by atoms with Gasteiger partial charge in [-0.1, -0.05) is 18.2 Å². The molecule has 1 radical (unpaired) electrons. The highest BCUT2D eigenvalue weighted by atomic mass is 16.3. The average Bonchev–Trinajstić information content (AvgIpc) is 2.76. The van der Waals surface area contributed by atoms with E-state index in [1.54, 1.807) is 0 Å². The summed E-state index contributed by atoms with van der Waals surface area (Å²) in [5.41, 5.74) is 2.41. The summed E-state index contributed by atoms with van der Waals surface area (Å²) in [4.78, 5) is 5.66. The number of fused-ring (bicyclic) bond motifs is 1. The fourth-order valence-corrected chi connectivity index (χ4v) is 2.51. The van der Waals surface area contributed by atoms with Crippen molar-refractivity contribution in [1.82, 2.24) is 9.88 Å². The van der Waals surface area contributed by atoms with Gasteiger partial charge in [-0.25, -0.2) is 0 Å². The van der Waals surface area contributed by atoms with Crippen molar-refractivity contribution in [2.24, 2.45) is 0 Å². The lowest BCUT2D eigenvalue weighted by Gasteiger charge is -2.29. The molecule has 2 heterocycles. The number of benzene rings is 1. The quantitative estimate of drug-likeness (QED) is 0.826. The maximum absolute atomic E-state index is 9.49. The first kappa shape index (κ1) is 10.8. The number of piperidine rings is 1. The first-order valence-electron chi connectivity index (χ1n) is 6.20. The zero-order chi connectivity index (χ0) is 11.7. The summed E-state index contributed by atoms with van der Waals surface area (Å²) < 4.78 is 0. The van der Waals surface area contributed by atoms with Crippen LogP contribution in [-0.2, 0) is 6.54 Å². The second-order valence-electron chi connectivity index (χ2n) is 4.78. The lowest BCUT2D eigenvalue weighted by atomic mass is 10.1. The first-order valence-corrected chi connectivity index (χ1v) is 6.20. The number of likely N-dealkylation sites (tertiary alicyclic amines) is 1. The van der Waals surface area contributed by atoms with Crippen molar-refractivity contribution in [1.29, 1.82) is 0 Å². The molecule has 17 heavy (non-hydrogen) atoms. The lowest BCUT2D eigenvalue weighted by molar-refractivity contribution is 0.0794. The van der Waals surface area contributed by atoms with Gasteiger partial charge >= 0.3 is 0 Å². The molecule has 3 heteroatoms. The first-order chi connectivity index (χ1) is 8.33. The van der Waals surface area contributed by atoms with E-state index >= 15 is 0 Å². The normalized spacial score (nSPS) is 18.9. The van der Waals surface area contributed by atoms with E-state index in [0.717, 1.165) is 38.0 Å². The summed E-state index contributed by atoms with van der Waals surface area (Å²) in [5.74, 6) is 0. The maximum Gasteiger partial charge on any atom is 0.0564 e. The minimum Gasteiger partial charge on any atom is -0.393 e. The van der Waals surface area contributed by atoms with Crippen LogP contribution in [0.2, 0.25) is 0 Å². The van der Waals surface area contributed by atoms with Crippen LogP contribution >= 0.6 is 0 Å². The molecule has 1 aliphatic rings. The molecule has 1 saturated heterocycles. The van der Waals surface area contributed by atoms with Crippen LogP contribution in [0.25, 0.3) is 10.9 Å². The van der Waals surface area contributed by atoms with Crippen molar-refractivity contribution in [3.63, 3.8) is 0 Å². The summed E-state index contributed by atoms with van der Waals surface area (Å²) in [6.45, 7) is 2.94. The van der Waals surface area contributed by atoms with Crippen LogP contribution in [0.4, 0.5) is 0 Å². The average molecular weight is 229 g/mol. The number of hydrogen-bond acceptors (Lipinski definition) is 2. The lowest BCUT2D eigenvalue weighted by Crippen LogP contribution is -2.35. The van der Waals surface area contributed by atoms with Crippen LogP contribution in [0.15, 0.2) is 24.4 Å². The van der Waals surface area contributed by atoms with E-state index in [2.05, 4.69) is 28.2 Å². The summed E-state index contributed by atoms with van der Waals surface area (Å²) in [7, 11) is 0. The van der Waals surface area contributed by atoms with Crippen molar-refractivity contribution in [2.45, 2.75) is 25.5 Å². The fourth-order valence-electron chi connectivity index (χ4n) is 2.51. The van der Waals surface area contributed by atoms with Crippen LogP contribution in [0.5, 0.6) is 0 Å². The van der Waals surface area contributed by atoms with Crippen molar-refractivity contribution < 1.29 is 5.11 Å². The minimum absolute atomic E-state index is 0.0949. The molecule has 0 aliphatic carbocycles. The van der Waals surface area contributed by atoms with Crippen LogP contribution in [0, 0.1) is 6.07 Å². The monoisotopic (exact) mass is 229 g/mol. The van der Waals surface area contributed by atoms with Gasteiger partial charge < -0.3 is 10.1 Å². The third kappa shape index (κ3) is 2.21. The summed E-state index contributed by atoms with van der Waals surface area (Å²) >= 11 is 0. The Kier molecular flexibility index (Phi) is 2.87.